The highest BCUT2D eigenvalue weighted by Crippen LogP contribution is 2.21. The molecule has 0 radical (unpaired) electrons. The molecule has 2 heteroatoms. The van der Waals surface area contributed by atoms with E-state index in [1.165, 1.54) is 17.9 Å². The molecule has 1 aliphatic heterocycles. The van der Waals surface area contributed by atoms with Crippen molar-refractivity contribution in [2.75, 3.05) is 18.6 Å². The van der Waals surface area contributed by atoms with Crippen LogP contribution in [0.5, 0.6) is 0 Å². The van der Waals surface area contributed by atoms with Crippen LogP contribution in [0.2, 0.25) is 0 Å². The second kappa shape index (κ2) is 3.47. The lowest BCUT2D eigenvalue weighted by atomic mass is 10.0. The Hall–Kier alpha value is 0.310. The minimum absolute atomic E-state index is 0.784. The van der Waals surface area contributed by atoms with Gasteiger partial charge in [-0.05, 0) is 30.9 Å². The Morgan fingerprint density at radius 1 is 1.56 bits per heavy atom. The fraction of sp³-hybridized carbons (Fsp3) is 1.00. The van der Waals surface area contributed by atoms with E-state index < -0.39 is 0 Å². The fourth-order valence-electron chi connectivity index (χ4n) is 1.31. The first kappa shape index (κ1) is 7.42. The summed E-state index contributed by atoms with van der Waals surface area (Å²) in [5.41, 5.74) is 0. The first-order valence-corrected chi connectivity index (χ1v) is 4.75. The third-order valence-corrected chi connectivity index (χ3v) is 3.30. The van der Waals surface area contributed by atoms with Crippen molar-refractivity contribution in [2.24, 2.45) is 5.92 Å². The molecule has 0 bridgehead atoms. The third-order valence-electron chi connectivity index (χ3n) is 2.01. The first-order valence-electron chi connectivity index (χ1n) is 3.59. The van der Waals surface area contributed by atoms with Crippen LogP contribution < -0.4 is 5.32 Å². The van der Waals surface area contributed by atoms with Gasteiger partial charge in [-0.25, -0.2) is 0 Å². The van der Waals surface area contributed by atoms with Crippen LogP contribution in [-0.4, -0.2) is 24.6 Å². The molecule has 9 heavy (non-hydrogen) atoms. The molecular weight excluding hydrogens is 130 g/mol. The van der Waals surface area contributed by atoms with E-state index in [-0.39, 0.29) is 0 Å². The minimum atomic E-state index is 0.784. The normalized spacial score (nSPS) is 36.7. The molecule has 0 saturated carbocycles. The molecule has 1 nitrogen and oxygen atoms in total. The Morgan fingerprint density at radius 2 is 2.33 bits per heavy atom. The molecule has 1 aliphatic rings. The highest BCUT2D eigenvalue weighted by atomic mass is 32.2. The van der Waals surface area contributed by atoms with Crippen LogP contribution in [0.3, 0.4) is 0 Å². The SMILES string of the molecule is CNC1CCSCC1C. The van der Waals surface area contributed by atoms with E-state index in [1.54, 1.807) is 0 Å². The predicted molar refractivity (Wildman–Crippen MR) is 44.0 cm³/mol. The standard InChI is InChI=1S/C7H15NS/c1-6-5-9-4-3-7(6)8-2/h6-8H,3-5H2,1-2H3. The molecule has 1 rings (SSSR count). The average molecular weight is 145 g/mol. The molecule has 54 valence electrons. The van der Waals surface area contributed by atoms with Crippen LogP contribution in [0.4, 0.5) is 0 Å². The number of hydrogen-bond acceptors (Lipinski definition) is 2. The van der Waals surface area contributed by atoms with Crippen LogP contribution >= 0.6 is 11.8 Å². The van der Waals surface area contributed by atoms with Gasteiger partial charge in [-0.3, -0.25) is 0 Å². The van der Waals surface area contributed by atoms with Gasteiger partial charge in [0.2, 0.25) is 0 Å². The maximum absolute atomic E-state index is 3.34. The number of rotatable bonds is 1. The van der Waals surface area contributed by atoms with E-state index >= 15 is 0 Å². The van der Waals surface area contributed by atoms with Crippen LogP contribution in [0, 0.1) is 5.92 Å². The largest absolute Gasteiger partial charge is 0.317 e. The Morgan fingerprint density at radius 3 is 2.78 bits per heavy atom. The lowest BCUT2D eigenvalue weighted by molar-refractivity contribution is 0.414. The summed E-state index contributed by atoms with van der Waals surface area (Å²) < 4.78 is 0. The third kappa shape index (κ3) is 1.87. The minimum Gasteiger partial charge on any atom is -0.317 e. The van der Waals surface area contributed by atoms with Crippen molar-refractivity contribution in [1.29, 1.82) is 0 Å². The van der Waals surface area contributed by atoms with Crippen molar-refractivity contribution in [3.8, 4) is 0 Å². The first-order chi connectivity index (χ1) is 4.34. The van der Waals surface area contributed by atoms with E-state index in [9.17, 15) is 0 Å². The quantitative estimate of drug-likeness (QED) is 0.597. The van der Waals surface area contributed by atoms with Gasteiger partial charge in [0.25, 0.3) is 0 Å². The van der Waals surface area contributed by atoms with Gasteiger partial charge in [-0.2, -0.15) is 11.8 Å². The lowest BCUT2D eigenvalue weighted by Gasteiger charge is -2.27. The van der Waals surface area contributed by atoms with Gasteiger partial charge < -0.3 is 5.32 Å². The summed E-state index contributed by atoms with van der Waals surface area (Å²) in [6.07, 6.45) is 1.35. The zero-order valence-electron chi connectivity index (χ0n) is 6.18. The maximum atomic E-state index is 3.34. The Balaban J connectivity index is 2.30. The second-order valence-electron chi connectivity index (χ2n) is 2.74. The van der Waals surface area contributed by atoms with Gasteiger partial charge in [0.05, 0.1) is 0 Å². The molecular formula is C7H15NS. The summed E-state index contributed by atoms with van der Waals surface area (Å²) >= 11 is 2.08. The molecule has 2 unspecified atom stereocenters. The molecule has 0 aliphatic carbocycles. The Labute approximate surface area is 61.6 Å². The van der Waals surface area contributed by atoms with Crippen LogP contribution in [0.1, 0.15) is 13.3 Å². The topological polar surface area (TPSA) is 12.0 Å². The number of nitrogens with one attached hydrogen (secondary N) is 1. The summed E-state index contributed by atoms with van der Waals surface area (Å²) in [5, 5.41) is 3.34. The van der Waals surface area contributed by atoms with Crippen molar-refractivity contribution in [1.82, 2.24) is 5.32 Å². The van der Waals surface area contributed by atoms with Gasteiger partial charge in [0.1, 0.15) is 0 Å². The second-order valence-corrected chi connectivity index (χ2v) is 3.89. The van der Waals surface area contributed by atoms with Crippen molar-refractivity contribution in [3.05, 3.63) is 0 Å². The fourth-order valence-corrected chi connectivity index (χ4v) is 2.50. The molecule has 1 fully saturated rings. The summed E-state index contributed by atoms with van der Waals surface area (Å²) in [5.74, 6) is 3.55. The number of thioether (sulfide) groups is 1. The van der Waals surface area contributed by atoms with E-state index in [0.29, 0.717) is 0 Å². The van der Waals surface area contributed by atoms with Crippen molar-refractivity contribution in [3.63, 3.8) is 0 Å². The van der Waals surface area contributed by atoms with Gasteiger partial charge in [-0.1, -0.05) is 6.92 Å². The molecule has 1 N–H and O–H groups in total. The van der Waals surface area contributed by atoms with Crippen molar-refractivity contribution in [2.45, 2.75) is 19.4 Å². The summed E-state index contributed by atoms with van der Waals surface area (Å²) in [7, 11) is 2.07. The Kier molecular flexibility index (Phi) is 2.86. The summed E-state index contributed by atoms with van der Waals surface area (Å²) in [4.78, 5) is 0. The molecule has 0 amide bonds. The molecule has 0 spiro atoms. The van der Waals surface area contributed by atoms with Gasteiger partial charge in [0.15, 0.2) is 0 Å². The van der Waals surface area contributed by atoms with Gasteiger partial charge in [-0.15, -0.1) is 0 Å². The van der Waals surface area contributed by atoms with Gasteiger partial charge >= 0.3 is 0 Å². The highest BCUT2D eigenvalue weighted by Gasteiger charge is 2.18. The van der Waals surface area contributed by atoms with E-state index in [4.69, 9.17) is 0 Å². The number of hydrogen-bond donors (Lipinski definition) is 1. The summed E-state index contributed by atoms with van der Waals surface area (Å²) in [6.45, 7) is 2.33. The van der Waals surface area contributed by atoms with E-state index in [1.807, 2.05) is 0 Å². The van der Waals surface area contributed by atoms with Crippen LogP contribution in [0.25, 0.3) is 0 Å². The molecule has 0 aromatic heterocycles. The van der Waals surface area contributed by atoms with Crippen LogP contribution in [0.15, 0.2) is 0 Å². The van der Waals surface area contributed by atoms with Crippen molar-refractivity contribution < 1.29 is 0 Å². The van der Waals surface area contributed by atoms with Crippen LogP contribution in [-0.2, 0) is 0 Å². The molecule has 0 aromatic rings. The lowest BCUT2D eigenvalue weighted by Crippen LogP contribution is -2.36. The zero-order chi connectivity index (χ0) is 6.69. The van der Waals surface area contributed by atoms with Crippen molar-refractivity contribution >= 4 is 11.8 Å². The zero-order valence-corrected chi connectivity index (χ0v) is 7.00. The highest BCUT2D eigenvalue weighted by molar-refractivity contribution is 7.99. The maximum Gasteiger partial charge on any atom is 0.0105 e. The van der Waals surface area contributed by atoms with E-state index in [0.717, 1.165) is 12.0 Å². The van der Waals surface area contributed by atoms with E-state index in [2.05, 4.69) is 31.1 Å². The molecule has 2 atom stereocenters. The van der Waals surface area contributed by atoms with Gasteiger partial charge in [0, 0.05) is 6.04 Å². The summed E-state index contributed by atoms with van der Waals surface area (Å²) in [6, 6.07) is 0.784. The monoisotopic (exact) mass is 145 g/mol. The predicted octanol–water partition coefficient (Wildman–Crippen LogP) is 1.35. The average Bonchev–Trinajstić information content (AvgIpc) is 1.89. The molecule has 0 aromatic carbocycles. The smallest absolute Gasteiger partial charge is 0.0105 e. The molecule has 1 heterocycles. The Bertz CT molecular complexity index is 85.0. The molecule has 1 saturated heterocycles.